The second-order valence-corrected chi connectivity index (χ2v) is 3.58. The number of thiol groups is 1. The Balaban J connectivity index is 2.47. The molecule has 1 atom stereocenters. The van der Waals surface area contributed by atoms with Crippen molar-refractivity contribution < 1.29 is 0 Å². The van der Waals surface area contributed by atoms with Gasteiger partial charge in [-0.3, -0.25) is 0 Å². The molecule has 12 heavy (non-hydrogen) atoms. The largest absolute Gasteiger partial charge is 0.379 e. The van der Waals surface area contributed by atoms with Gasteiger partial charge in [-0.15, -0.1) is 12.6 Å². The summed E-state index contributed by atoms with van der Waals surface area (Å²) in [4.78, 5) is 1.01. The third-order valence-corrected chi connectivity index (χ3v) is 2.26. The lowest BCUT2D eigenvalue weighted by Crippen LogP contribution is -2.15. The number of nitrogens with one attached hydrogen (secondary N) is 1. The number of rotatable bonds is 0. The quantitative estimate of drug-likeness (QED) is 0.581. The first-order valence-electron chi connectivity index (χ1n) is 4.03. The first-order chi connectivity index (χ1) is 5.75. The Morgan fingerprint density at radius 2 is 2.25 bits per heavy atom. The zero-order valence-corrected chi connectivity index (χ0v) is 7.81. The van der Waals surface area contributed by atoms with E-state index in [2.05, 4.69) is 49.2 Å². The van der Waals surface area contributed by atoms with Crippen molar-refractivity contribution in [3.63, 3.8) is 0 Å². The average molecular weight is 177 g/mol. The average Bonchev–Trinajstić information content (AvgIpc) is 2.05. The topological polar surface area (TPSA) is 12.0 Å². The maximum Gasteiger partial charge on any atom is 0.0419 e. The Hall–Kier alpha value is -0.890. The minimum atomic E-state index is 0.434. The highest BCUT2D eigenvalue weighted by Crippen LogP contribution is 2.25. The molecule has 1 N–H and O–H groups in total. The maximum absolute atomic E-state index is 4.28. The number of benzene rings is 1. The predicted octanol–water partition coefficient (Wildman–Crippen LogP) is 2.80. The zero-order chi connectivity index (χ0) is 8.55. The first-order valence-corrected chi connectivity index (χ1v) is 4.48. The van der Waals surface area contributed by atoms with Gasteiger partial charge < -0.3 is 5.32 Å². The van der Waals surface area contributed by atoms with E-state index in [1.807, 2.05) is 6.07 Å². The molecule has 0 saturated carbocycles. The van der Waals surface area contributed by atoms with Crippen LogP contribution in [0.2, 0.25) is 0 Å². The second kappa shape index (κ2) is 2.87. The monoisotopic (exact) mass is 177 g/mol. The lowest BCUT2D eigenvalue weighted by atomic mass is 10.1. The van der Waals surface area contributed by atoms with E-state index in [1.54, 1.807) is 0 Å². The van der Waals surface area contributed by atoms with Crippen molar-refractivity contribution in [2.24, 2.45) is 0 Å². The van der Waals surface area contributed by atoms with Crippen LogP contribution in [-0.2, 0) is 0 Å². The SMILES string of the molecule is CC1C=Cc2cc(S)ccc2N1. The fraction of sp³-hybridized carbons (Fsp3) is 0.200. The molecule has 0 bridgehead atoms. The summed E-state index contributed by atoms with van der Waals surface area (Å²) in [5.41, 5.74) is 2.42. The van der Waals surface area contributed by atoms with Crippen LogP contribution in [0.4, 0.5) is 5.69 Å². The highest BCUT2D eigenvalue weighted by molar-refractivity contribution is 7.80. The molecule has 0 aromatic heterocycles. The summed E-state index contributed by atoms with van der Waals surface area (Å²) in [5, 5.41) is 3.37. The minimum absolute atomic E-state index is 0.434. The van der Waals surface area contributed by atoms with Gasteiger partial charge in [-0.05, 0) is 30.7 Å². The van der Waals surface area contributed by atoms with Crippen molar-refractivity contribution in [1.82, 2.24) is 0 Å². The molecular weight excluding hydrogens is 166 g/mol. The standard InChI is InChI=1S/C10H11NS/c1-7-2-3-8-6-9(12)4-5-10(8)11-7/h2-7,11-12H,1H3. The van der Waals surface area contributed by atoms with Crippen molar-refractivity contribution in [1.29, 1.82) is 0 Å². The van der Waals surface area contributed by atoms with Gasteiger partial charge in [0.1, 0.15) is 0 Å². The summed E-state index contributed by atoms with van der Waals surface area (Å²) >= 11 is 4.28. The van der Waals surface area contributed by atoms with E-state index in [0.29, 0.717) is 6.04 Å². The third kappa shape index (κ3) is 1.34. The summed E-state index contributed by atoms with van der Waals surface area (Å²) in [6, 6.07) is 6.56. The Morgan fingerprint density at radius 1 is 1.42 bits per heavy atom. The molecule has 62 valence electrons. The van der Waals surface area contributed by atoms with Crippen molar-refractivity contribution >= 4 is 24.4 Å². The molecule has 1 aliphatic heterocycles. The smallest absolute Gasteiger partial charge is 0.0419 e. The molecule has 1 unspecified atom stereocenters. The van der Waals surface area contributed by atoms with Gasteiger partial charge >= 0.3 is 0 Å². The second-order valence-electron chi connectivity index (χ2n) is 3.06. The maximum atomic E-state index is 4.28. The highest BCUT2D eigenvalue weighted by Gasteiger charge is 2.07. The van der Waals surface area contributed by atoms with Gasteiger partial charge in [-0.1, -0.05) is 12.2 Å². The van der Waals surface area contributed by atoms with E-state index in [0.717, 1.165) is 4.90 Å². The van der Waals surface area contributed by atoms with E-state index in [-0.39, 0.29) is 0 Å². The normalized spacial score (nSPS) is 20.0. The summed E-state index contributed by atoms with van der Waals surface area (Å²) in [5.74, 6) is 0. The van der Waals surface area contributed by atoms with Crippen LogP contribution >= 0.6 is 12.6 Å². The summed E-state index contributed by atoms with van der Waals surface area (Å²) in [7, 11) is 0. The van der Waals surface area contributed by atoms with Gasteiger partial charge in [0.15, 0.2) is 0 Å². The predicted molar refractivity (Wildman–Crippen MR) is 55.8 cm³/mol. The molecule has 1 heterocycles. The first kappa shape index (κ1) is 7.74. The van der Waals surface area contributed by atoms with Gasteiger partial charge in [0.05, 0.1) is 0 Å². The van der Waals surface area contributed by atoms with Gasteiger partial charge in [-0.25, -0.2) is 0 Å². The number of hydrogen-bond donors (Lipinski definition) is 2. The molecule has 2 heteroatoms. The lowest BCUT2D eigenvalue weighted by Gasteiger charge is -2.18. The zero-order valence-electron chi connectivity index (χ0n) is 6.91. The fourth-order valence-electron chi connectivity index (χ4n) is 1.36. The molecule has 1 aromatic carbocycles. The van der Waals surface area contributed by atoms with Crippen LogP contribution in [0.1, 0.15) is 12.5 Å². The van der Waals surface area contributed by atoms with E-state index in [4.69, 9.17) is 0 Å². The molecule has 1 aromatic rings. The van der Waals surface area contributed by atoms with Crippen LogP contribution in [0.5, 0.6) is 0 Å². The molecule has 0 aliphatic carbocycles. The Morgan fingerprint density at radius 3 is 3.08 bits per heavy atom. The Labute approximate surface area is 77.9 Å². The van der Waals surface area contributed by atoms with Crippen LogP contribution in [0.15, 0.2) is 29.2 Å². The molecular formula is C10H11NS. The van der Waals surface area contributed by atoms with Gasteiger partial charge in [0.25, 0.3) is 0 Å². The molecule has 2 rings (SSSR count). The molecule has 0 saturated heterocycles. The fourth-order valence-corrected chi connectivity index (χ4v) is 1.57. The van der Waals surface area contributed by atoms with Crippen LogP contribution in [0.3, 0.4) is 0 Å². The highest BCUT2D eigenvalue weighted by atomic mass is 32.1. The molecule has 1 nitrogen and oxygen atoms in total. The van der Waals surface area contributed by atoms with Crippen molar-refractivity contribution in [2.45, 2.75) is 17.9 Å². The van der Waals surface area contributed by atoms with Crippen molar-refractivity contribution in [3.05, 3.63) is 29.8 Å². The van der Waals surface area contributed by atoms with E-state index in [9.17, 15) is 0 Å². The minimum Gasteiger partial charge on any atom is -0.379 e. The molecule has 0 radical (unpaired) electrons. The summed E-state index contributed by atoms with van der Waals surface area (Å²) in [6.45, 7) is 2.13. The Bertz CT molecular complexity index is 331. The molecule has 0 spiro atoms. The van der Waals surface area contributed by atoms with Crippen LogP contribution in [-0.4, -0.2) is 6.04 Å². The van der Waals surface area contributed by atoms with Crippen LogP contribution < -0.4 is 5.32 Å². The van der Waals surface area contributed by atoms with Crippen molar-refractivity contribution in [3.8, 4) is 0 Å². The van der Waals surface area contributed by atoms with Gasteiger partial charge in [0.2, 0.25) is 0 Å². The Kier molecular flexibility index (Phi) is 1.85. The number of hydrogen-bond acceptors (Lipinski definition) is 2. The number of fused-ring (bicyclic) bond motifs is 1. The number of anilines is 1. The summed E-state index contributed by atoms with van der Waals surface area (Å²) in [6.07, 6.45) is 4.28. The molecule has 0 fully saturated rings. The van der Waals surface area contributed by atoms with Crippen molar-refractivity contribution in [2.75, 3.05) is 5.32 Å². The summed E-state index contributed by atoms with van der Waals surface area (Å²) < 4.78 is 0. The van der Waals surface area contributed by atoms with E-state index in [1.165, 1.54) is 11.3 Å². The van der Waals surface area contributed by atoms with Gasteiger partial charge in [0, 0.05) is 16.6 Å². The van der Waals surface area contributed by atoms with E-state index >= 15 is 0 Å². The third-order valence-electron chi connectivity index (χ3n) is 1.98. The molecule has 0 amide bonds. The lowest BCUT2D eigenvalue weighted by molar-refractivity contribution is 0.991. The van der Waals surface area contributed by atoms with E-state index < -0.39 is 0 Å². The van der Waals surface area contributed by atoms with Crippen LogP contribution in [0.25, 0.3) is 6.08 Å². The molecule has 1 aliphatic rings. The van der Waals surface area contributed by atoms with Gasteiger partial charge in [-0.2, -0.15) is 0 Å². The van der Waals surface area contributed by atoms with Crippen LogP contribution in [0, 0.1) is 0 Å².